The molecule has 0 aliphatic carbocycles. The van der Waals surface area contributed by atoms with Crippen LogP contribution in [0.15, 0.2) is 0 Å². The van der Waals surface area contributed by atoms with Crippen LogP contribution >= 0.6 is 0 Å². The molecule has 0 saturated carbocycles. The minimum absolute atomic E-state index is 0. The van der Waals surface area contributed by atoms with Crippen LogP contribution in [0.25, 0.3) is 0 Å². The Balaban J connectivity index is 0. The van der Waals surface area contributed by atoms with Crippen molar-refractivity contribution in [3.63, 3.8) is 0 Å². The molecule has 15 heavy (non-hydrogen) atoms. The minimum Gasteiger partial charge on any atom is -0.479 e. The fourth-order valence-corrected chi connectivity index (χ4v) is 0.666. The van der Waals surface area contributed by atoms with Crippen molar-refractivity contribution in [1.82, 2.24) is 0 Å². The molecule has 0 amide bonds. The molecule has 0 aliphatic heterocycles. The molecule has 6 N–H and O–H groups in total. The van der Waals surface area contributed by atoms with Crippen LogP contribution in [0.3, 0.4) is 0 Å². The summed E-state index contributed by atoms with van der Waals surface area (Å²) in [6.07, 6.45) is -9.28. The first-order valence-electron chi connectivity index (χ1n) is 3.47. The number of aliphatic hydroxyl groups excluding tert-OH is 4. The van der Waals surface area contributed by atoms with E-state index in [0.717, 1.165) is 0 Å². The van der Waals surface area contributed by atoms with Crippen molar-refractivity contribution in [2.75, 3.05) is 0 Å². The molecular formula is C6H10FeO8. The maximum Gasteiger partial charge on any atom is 0.335 e. The van der Waals surface area contributed by atoms with E-state index in [1.807, 2.05) is 0 Å². The molecule has 0 saturated heterocycles. The van der Waals surface area contributed by atoms with Crippen LogP contribution in [0.2, 0.25) is 0 Å². The fourth-order valence-electron chi connectivity index (χ4n) is 0.666. The van der Waals surface area contributed by atoms with Gasteiger partial charge in [0.15, 0.2) is 12.2 Å². The maximum absolute atomic E-state index is 10.1. The van der Waals surface area contributed by atoms with Gasteiger partial charge in [-0.15, -0.1) is 0 Å². The van der Waals surface area contributed by atoms with Gasteiger partial charge in [0, 0.05) is 17.1 Å². The Labute approximate surface area is 94.2 Å². The molecule has 0 heterocycles. The van der Waals surface area contributed by atoms with Gasteiger partial charge in [-0.3, -0.25) is 0 Å². The molecule has 9 heteroatoms. The van der Waals surface area contributed by atoms with E-state index in [1.54, 1.807) is 0 Å². The fraction of sp³-hybridized carbons (Fsp3) is 0.667. The number of carbonyl (C=O) groups is 2. The summed E-state index contributed by atoms with van der Waals surface area (Å²) in [5, 5.41) is 51.5. The Hall–Kier alpha value is -0.701. The summed E-state index contributed by atoms with van der Waals surface area (Å²) >= 11 is 0. The number of hydrogen-bond donors (Lipinski definition) is 6. The molecule has 0 aromatic carbocycles. The number of carboxylic acid groups (broad SMARTS) is 2. The number of rotatable bonds is 5. The van der Waals surface area contributed by atoms with Gasteiger partial charge in [-0.25, -0.2) is 9.59 Å². The third kappa shape index (κ3) is 4.56. The number of aliphatic carboxylic acids is 2. The Morgan fingerprint density at radius 1 is 0.733 bits per heavy atom. The molecule has 8 nitrogen and oxygen atoms in total. The van der Waals surface area contributed by atoms with E-state index in [1.165, 1.54) is 0 Å². The summed E-state index contributed by atoms with van der Waals surface area (Å²) in [6.45, 7) is 0. The van der Waals surface area contributed by atoms with Crippen molar-refractivity contribution in [2.24, 2.45) is 0 Å². The van der Waals surface area contributed by atoms with E-state index in [0.29, 0.717) is 0 Å². The molecule has 4 atom stereocenters. The van der Waals surface area contributed by atoms with Crippen LogP contribution in [0, 0.1) is 0 Å². The second-order valence-electron chi connectivity index (χ2n) is 2.55. The normalized spacial score (nSPS) is 18.1. The average Bonchev–Trinajstić information content (AvgIpc) is 2.12. The zero-order chi connectivity index (χ0) is 11.5. The maximum atomic E-state index is 10.1. The predicted octanol–water partition coefficient (Wildman–Crippen LogP) is -3.40. The second kappa shape index (κ2) is 6.72. The zero-order valence-corrected chi connectivity index (χ0v) is 8.27. The van der Waals surface area contributed by atoms with E-state index >= 15 is 0 Å². The number of hydrogen-bond acceptors (Lipinski definition) is 6. The summed E-state index contributed by atoms with van der Waals surface area (Å²) in [6, 6.07) is 0. The largest absolute Gasteiger partial charge is 0.479 e. The summed E-state index contributed by atoms with van der Waals surface area (Å²) < 4.78 is 0. The van der Waals surface area contributed by atoms with Gasteiger partial charge < -0.3 is 30.6 Å². The second-order valence-corrected chi connectivity index (χ2v) is 2.55. The first-order valence-corrected chi connectivity index (χ1v) is 3.47. The van der Waals surface area contributed by atoms with Gasteiger partial charge in [0.05, 0.1) is 0 Å². The molecule has 0 bridgehead atoms. The van der Waals surface area contributed by atoms with E-state index in [4.69, 9.17) is 30.6 Å². The minimum atomic E-state index is -2.36. The van der Waals surface area contributed by atoms with E-state index in [9.17, 15) is 9.59 Å². The van der Waals surface area contributed by atoms with Gasteiger partial charge in [0.1, 0.15) is 12.2 Å². The van der Waals surface area contributed by atoms with Gasteiger partial charge in [0.2, 0.25) is 0 Å². The van der Waals surface area contributed by atoms with Gasteiger partial charge >= 0.3 is 11.9 Å². The first kappa shape index (κ1) is 16.7. The summed E-state index contributed by atoms with van der Waals surface area (Å²) in [5.74, 6) is -3.68. The molecule has 0 rings (SSSR count). The molecule has 0 unspecified atom stereocenters. The van der Waals surface area contributed by atoms with Crippen molar-refractivity contribution in [2.45, 2.75) is 24.4 Å². The van der Waals surface area contributed by atoms with Crippen LogP contribution in [-0.4, -0.2) is 67.0 Å². The predicted molar refractivity (Wildman–Crippen MR) is 39.3 cm³/mol. The molecule has 0 aromatic heterocycles. The third-order valence-corrected chi connectivity index (χ3v) is 1.50. The first-order chi connectivity index (χ1) is 6.29. The Kier molecular flexibility index (Phi) is 7.49. The molecule has 0 aromatic rings. The van der Waals surface area contributed by atoms with Crippen LogP contribution < -0.4 is 0 Å². The third-order valence-electron chi connectivity index (χ3n) is 1.50. The van der Waals surface area contributed by atoms with Crippen molar-refractivity contribution in [1.29, 1.82) is 0 Å². The van der Waals surface area contributed by atoms with E-state index in [2.05, 4.69) is 0 Å². The Morgan fingerprint density at radius 2 is 0.933 bits per heavy atom. The molecule has 0 fully saturated rings. The summed E-state index contributed by atoms with van der Waals surface area (Å²) in [7, 11) is 0. The molecular weight excluding hydrogens is 256 g/mol. The zero-order valence-electron chi connectivity index (χ0n) is 7.16. The topological polar surface area (TPSA) is 156 Å². The monoisotopic (exact) mass is 266 g/mol. The van der Waals surface area contributed by atoms with Crippen molar-refractivity contribution in [3.8, 4) is 0 Å². The van der Waals surface area contributed by atoms with Gasteiger partial charge in [-0.05, 0) is 0 Å². The Bertz CT molecular complexity index is 207. The van der Waals surface area contributed by atoms with Gasteiger partial charge in [-0.2, -0.15) is 0 Å². The smallest absolute Gasteiger partial charge is 0.335 e. The quantitative estimate of drug-likeness (QED) is 0.281. The van der Waals surface area contributed by atoms with Crippen molar-refractivity contribution in [3.05, 3.63) is 0 Å². The molecule has 0 aliphatic rings. The number of aliphatic hydroxyl groups is 4. The van der Waals surface area contributed by atoms with Crippen LogP contribution in [-0.2, 0) is 26.7 Å². The molecule has 0 spiro atoms. The van der Waals surface area contributed by atoms with Crippen molar-refractivity contribution >= 4 is 11.9 Å². The SMILES string of the molecule is O=C(O)[C@@H](O)[C@H](O)[C@H](O)[C@H](O)C(=O)O.[Fe]. The van der Waals surface area contributed by atoms with Crippen LogP contribution in [0.1, 0.15) is 0 Å². The summed E-state index contributed by atoms with van der Waals surface area (Å²) in [4.78, 5) is 20.2. The molecule has 90 valence electrons. The standard InChI is InChI=1S/C6H10O8.Fe/c7-1(3(9)5(11)12)2(8)4(10)6(13)14;/h1-4,7-10H,(H,11,12)(H,13,14);/t1-,2+,3-,4-;/m0./s1. The average molecular weight is 266 g/mol. The van der Waals surface area contributed by atoms with Crippen LogP contribution in [0.4, 0.5) is 0 Å². The number of carboxylic acids is 2. The van der Waals surface area contributed by atoms with Gasteiger partial charge in [0.25, 0.3) is 0 Å². The van der Waals surface area contributed by atoms with Crippen LogP contribution in [0.5, 0.6) is 0 Å². The Morgan fingerprint density at radius 3 is 1.07 bits per heavy atom. The van der Waals surface area contributed by atoms with E-state index in [-0.39, 0.29) is 17.1 Å². The van der Waals surface area contributed by atoms with Crippen molar-refractivity contribution < 1.29 is 57.3 Å². The summed E-state index contributed by atoms with van der Waals surface area (Å²) in [5.41, 5.74) is 0. The molecule has 0 radical (unpaired) electrons. The van der Waals surface area contributed by atoms with E-state index < -0.39 is 36.4 Å². The van der Waals surface area contributed by atoms with Gasteiger partial charge in [-0.1, -0.05) is 0 Å².